The lowest BCUT2D eigenvalue weighted by molar-refractivity contribution is 0.306. The quantitative estimate of drug-likeness (QED) is 0.568. The Balaban J connectivity index is 1.55. The Bertz CT molecular complexity index is 734. The second-order valence-corrected chi connectivity index (χ2v) is 6.17. The molecule has 0 saturated heterocycles. The highest BCUT2D eigenvalue weighted by molar-refractivity contribution is 6.33. The first-order valence-electron chi connectivity index (χ1n) is 7.66. The van der Waals surface area contributed by atoms with Gasteiger partial charge in [-0.05, 0) is 35.9 Å². The van der Waals surface area contributed by atoms with Gasteiger partial charge in [0.1, 0.15) is 12.4 Å². The molecule has 0 aromatic heterocycles. The summed E-state index contributed by atoms with van der Waals surface area (Å²) in [5.74, 6) is 0.816. The van der Waals surface area contributed by atoms with Crippen molar-refractivity contribution in [3.63, 3.8) is 0 Å². The van der Waals surface area contributed by atoms with Crippen molar-refractivity contribution in [2.24, 2.45) is 0 Å². The summed E-state index contributed by atoms with van der Waals surface area (Å²) in [4.78, 5) is 0. The zero-order valence-corrected chi connectivity index (χ0v) is 14.5. The molecule has 3 rings (SSSR count). The normalized spacial score (nSPS) is 10.4. The van der Waals surface area contributed by atoms with Crippen molar-refractivity contribution >= 4 is 28.9 Å². The van der Waals surface area contributed by atoms with Crippen molar-refractivity contribution < 1.29 is 4.74 Å². The molecule has 4 heteroatoms. The number of ether oxygens (including phenoxy) is 1. The van der Waals surface area contributed by atoms with Crippen LogP contribution in [0.1, 0.15) is 11.1 Å². The number of rotatable bonds is 6. The molecule has 0 aliphatic carbocycles. The first-order chi connectivity index (χ1) is 11.7. The van der Waals surface area contributed by atoms with E-state index < -0.39 is 0 Å². The van der Waals surface area contributed by atoms with Crippen molar-refractivity contribution in [2.45, 2.75) is 13.2 Å². The average molecular weight is 358 g/mol. The summed E-state index contributed by atoms with van der Waals surface area (Å²) >= 11 is 12.3. The summed E-state index contributed by atoms with van der Waals surface area (Å²) in [5.41, 5.74) is 3.06. The molecule has 3 aromatic rings. The van der Waals surface area contributed by atoms with Crippen LogP contribution in [-0.2, 0) is 13.2 Å². The fourth-order valence-corrected chi connectivity index (χ4v) is 2.67. The van der Waals surface area contributed by atoms with Gasteiger partial charge in [0.05, 0.1) is 10.7 Å². The number of halogens is 2. The molecule has 0 bridgehead atoms. The third-order valence-electron chi connectivity index (χ3n) is 3.63. The predicted molar refractivity (Wildman–Crippen MR) is 101 cm³/mol. The maximum atomic E-state index is 6.13. The summed E-state index contributed by atoms with van der Waals surface area (Å²) in [6.07, 6.45) is 0. The van der Waals surface area contributed by atoms with Crippen LogP contribution >= 0.6 is 23.2 Å². The molecule has 0 spiro atoms. The maximum Gasteiger partial charge on any atom is 0.119 e. The number of nitrogens with one attached hydrogen (secondary N) is 1. The van der Waals surface area contributed by atoms with Crippen LogP contribution in [0.2, 0.25) is 10.0 Å². The van der Waals surface area contributed by atoms with E-state index in [0.717, 1.165) is 32.6 Å². The highest BCUT2D eigenvalue weighted by Crippen LogP contribution is 2.22. The number of benzene rings is 3. The van der Waals surface area contributed by atoms with Crippen LogP contribution in [0.3, 0.4) is 0 Å². The van der Waals surface area contributed by atoms with Crippen molar-refractivity contribution in [1.82, 2.24) is 0 Å². The van der Waals surface area contributed by atoms with E-state index in [1.165, 1.54) is 0 Å². The third kappa shape index (κ3) is 4.44. The van der Waals surface area contributed by atoms with Gasteiger partial charge < -0.3 is 10.1 Å². The molecule has 0 amide bonds. The molecule has 0 fully saturated rings. The lowest BCUT2D eigenvalue weighted by Gasteiger charge is -2.10. The van der Waals surface area contributed by atoms with Crippen molar-refractivity contribution in [1.29, 1.82) is 0 Å². The van der Waals surface area contributed by atoms with Crippen molar-refractivity contribution in [2.75, 3.05) is 5.32 Å². The standard InChI is InChI=1S/C20H17Cl2NO/c21-18-6-2-1-5-16(18)14-24-17-11-9-15(10-12-17)13-23-20-8-4-3-7-19(20)22/h1-12,23H,13-14H2. The van der Waals surface area contributed by atoms with Crippen LogP contribution in [-0.4, -0.2) is 0 Å². The van der Waals surface area contributed by atoms with Gasteiger partial charge in [0.25, 0.3) is 0 Å². The Morgan fingerprint density at radius 1 is 0.750 bits per heavy atom. The van der Waals surface area contributed by atoms with Crippen LogP contribution in [0.25, 0.3) is 0 Å². The molecule has 0 aliphatic rings. The van der Waals surface area contributed by atoms with Crippen molar-refractivity contribution in [3.8, 4) is 5.75 Å². The topological polar surface area (TPSA) is 21.3 Å². The van der Waals surface area contributed by atoms with Crippen molar-refractivity contribution in [3.05, 3.63) is 94.0 Å². The number of hydrogen-bond donors (Lipinski definition) is 1. The van der Waals surface area contributed by atoms with Gasteiger partial charge in [-0.2, -0.15) is 0 Å². The first-order valence-corrected chi connectivity index (χ1v) is 8.41. The lowest BCUT2D eigenvalue weighted by Crippen LogP contribution is -2.00. The van der Waals surface area contributed by atoms with Gasteiger partial charge in [0, 0.05) is 17.1 Å². The van der Waals surface area contributed by atoms with Gasteiger partial charge in [-0.25, -0.2) is 0 Å². The summed E-state index contributed by atoms with van der Waals surface area (Å²) in [6.45, 7) is 1.16. The Morgan fingerprint density at radius 2 is 1.42 bits per heavy atom. The Labute approximate surface area is 152 Å². The molecule has 24 heavy (non-hydrogen) atoms. The Hall–Kier alpha value is -2.16. The van der Waals surface area contributed by atoms with Crippen LogP contribution < -0.4 is 10.1 Å². The van der Waals surface area contributed by atoms with E-state index in [-0.39, 0.29) is 0 Å². The predicted octanol–water partition coefficient (Wildman–Crippen LogP) is 6.18. The number of para-hydroxylation sites is 1. The summed E-state index contributed by atoms with van der Waals surface area (Å²) in [6, 6.07) is 23.4. The smallest absolute Gasteiger partial charge is 0.119 e. The van der Waals surface area contributed by atoms with Gasteiger partial charge in [0.15, 0.2) is 0 Å². The van der Waals surface area contributed by atoms with Gasteiger partial charge >= 0.3 is 0 Å². The van der Waals surface area contributed by atoms with E-state index in [0.29, 0.717) is 13.2 Å². The Kier molecular flexibility index (Phi) is 5.63. The van der Waals surface area contributed by atoms with E-state index in [4.69, 9.17) is 27.9 Å². The summed E-state index contributed by atoms with van der Waals surface area (Å²) < 4.78 is 5.78. The largest absolute Gasteiger partial charge is 0.489 e. The molecule has 0 aliphatic heterocycles. The highest BCUT2D eigenvalue weighted by Gasteiger charge is 2.02. The van der Waals surface area contributed by atoms with E-state index in [9.17, 15) is 0 Å². The molecule has 0 heterocycles. The molecule has 0 unspecified atom stereocenters. The molecule has 122 valence electrons. The minimum Gasteiger partial charge on any atom is -0.489 e. The molecule has 1 N–H and O–H groups in total. The van der Waals surface area contributed by atoms with Gasteiger partial charge in [-0.1, -0.05) is 65.7 Å². The Morgan fingerprint density at radius 3 is 2.12 bits per heavy atom. The van der Waals surface area contributed by atoms with Gasteiger partial charge in [-0.15, -0.1) is 0 Å². The maximum absolute atomic E-state index is 6.13. The molecule has 0 saturated carbocycles. The van der Waals surface area contributed by atoms with E-state index in [1.807, 2.05) is 72.8 Å². The summed E-state index contributed by atoms with van der Waals surface area (Å²) in [7, 11) is 0. The second-order valence-electron chi connectivity index (χ2n) is 5.36. The first kappa shape index (κ1) is 16.7. The molecular weight excluding hydrogens is 341 g/mol. The van der Waals surface area contributed by atoms with Crippen LogP contribution in [0.15, 0.2) is 72.8 Å². The van der Waals surface area contributed by atoms with Crippen LogP contribution in [0.5, 0.6) is 5.75 Å². The SMILES string of the molecule is Clc1ccccc1COc1ccc(CNc2ccccc2Cl)cc1. The highest BCUT2D eigenvalue weighted by atomic mass is 35.5. The minimum absolute atomic E-state index is 0.455. The number of hydrogen-bond acceptors (Lipinski definition) is 2. The monoisotopic (exact) mass is 357 g/mol. The average Bonchev–Trinajstić information content (AvgIpc) is 2.61. The lowest BCUT2D eigenvalue weighted by atomic mass is 10.2. The van der Waals surface area contributed by atoms with E-state index >= 15 is 0 Å². The minimum atomic E-state index is 0.455. The zero-order chi connectivity index (χ0) is 16.8. The molecular formula is C20H17Cl2NO. The summed E-state index contributed by atoms with van der Waals surface area (Å²) in [5, 5.41) is 4.76. The van der Waals surface area contributed by atoms with Gasteiger partial charge in [0.2, 0.25) is 0 Å². The zero-order valence-electron chi connectivity index (χ0n) is 13.0. The molecule has 3 aromatic carbocycles. The van der Waals surface area contributed by atoms with Gasteiger partial charge in [-0.3, -0.25) is 0 Å². The van der Waals surface area contributed by atoms with E-state index in [1.54, 1.807) is 0 Å². The fraction of sp³-hybridized carbons (Fsp3) is 0.100. The number of anilines is 1. The third-order valence-corrected chi connectivity index (χ3v) is 4.33. The fourth-order valence-electron chi connectivity index (χ4n) is 2.28. The second kappa shape index (κ2) is 8.09. The van der Waals surface area contributed by atoms with Crippen LogP contribution in [0, 0.1) is 0 Å². The molecule has 0 radical (unpaired) electrons. The van der Waals surface area contributed by atoms with Crippen LogP contribution in [0.4, 0.5) is 5.69 Å². The van der Waals surface area contributed by atoms with E-state index in [2.05, 4.69) is 5.32 Å². The molecule has 0 atom stereocenters. The molecule has 2 nitrogen and oxygen atoms in total.